The van der Waals surface area contributed by atoms with Crippen LogP contribution in [-0.4, -0.2) is 53.2 Å². The molecule has 3 atom stereocenters. The lowest BCUT2D eigenvalue weighted by atomic mass is 9.98. The van der Waals surface area contributed by atoms with Crippen LogP contribution in [0, 0.1) is 5.92 Å². The highest BCUT2D eigenvalue weighted by Crippen LogP contribution is 2.44. The summed E-state index contributed by atoms with van der Waals surface area (Å²) in [6.07, 6.45) is 3.52. The van der Waals surface area contributed by atoms with E-state index in [2.05, 4.69) is 29.6 Å². The highest BCUT2D eigenvalue weighted by Gasteiger charge is 2.36. The number of hydrogen-bond acceptors (Lipinski definition) is 4. The van der Waals surface area contributed by atoms with E-state index >= 15 is 0 Å². The van der Waals surface area contributed by atoms with Crippen molar-refractivity contribution in [2.24, 2.45) is 5.92 Å². The number of carboxylic acids is 1. The standard InChI is InChI=1S/C27H30N2O5/c30-25(29-13-5-10-24(29)26(31)32)15-17-11-12-18(14-17)28-27(33)34-16-23-21-8-3-1-6-19(21)20-7-2-4-9-22(20)23/h1-4,6-9,17-18,23-24H,5,10-16H2,(H,28,33)(H,31,32)/t17-,18+,24-/m1/s1. The number of likely N-dealkylation sites (tertiary alicyclic amines) is 1. The number of hydrogen-bond donors (Lipinski definition) is 2. The van der Waals surface area contributed by atoms with Crippen molar-refractivity contribution in [2.45, 2.75) is 56.5 Å². The SMILES string of the molecule is O=C(N[C@H]1CC[C@@H](CC(=O)N2CCC[C@@H]2C(=O)O)C1)OCC1c2ccccc2-c2ccccc21. The molecular weight excluding hydrogens is 432 g/mol. The van der Waals surface area contributed by atoms with Gasteiger partial charge >= 0.3 is 12.1 Å². The summed E-state index contributed by atoms with van der Waals surface area (Å²) in [6.45, 7) is 0.796. The number of nitrogens with zero attached hydrogens (tertiary/aromatic N) is 1. The first-order chi connectivity index (χ1) is 16.5. The van der Waals surface area contributed by atoms with E-state index in [1.807, 2.05) is 24.3 Å². The molecule has 5 rings (SSSR count). The van der Waals surface area contributed by atoms with Crippen LogP contribution in [0.4, 0.5) is 4.79 Å². The van der Waals surface area contributed by atoms with Crippen LogP contribution in [-0.2, 0) is 14.3 Å². The van der Waals surface area contributed by atoms with Crippen LogP contribution in [0.15, 0.2) is 48.5 Å². The summed E-state index contributed by atoms with van der Waals surface area (Å²) in [4.78, 5) is 38.1. The third-order valence-corrected chi connectivity index (χ3v) is 7.53. The molecule has 2 aromatic carbocycles. The van der Waals surface area contributed by atoms with Gasteiger partial charge in [-0.2, -0.15) is 0 Å². The minimum absolute atomic E-state index is 0.0229. The first kappa shape index (κ1) is 22.4. The molecule has 2 N–H and O–H groups in total. The fourth-order valence-electron chi connectivity index (χ4n) is 5.88. The van der Waals surface area contributed by atoms with Crippen LogP contribution in [0.2, 0.25) is 0 Å². The van der Waals surface area contributed by atoms with E-state index in [9.17, 15) is 19.5 Å². The summed E-state index contributed by atoms with van der Waals surface area (Å²) in [7, 11) is 0. The molecule has 1 saturated heterocycles. The van der Waals surface area contributed by atoms with E-state index in [4.69, 9.17) is 4.74 Å². The number of rotatable bonds is 6. The summed E-state index contributed by atoms with van der Waals surface area (Å²) in [5.41, 5.74) is 4.74. The Hall–Kier alpha value is -3.35. The minimum atomic E-state index is -0.924. The summed E-state index contributed by atoms with van der Waals surface area (Å²) in [6, 6.07) is 15.8. The number of carboxylic acid groups (broad SMARTS) is 1. The van der Waals surface area contributed by atoms with E-state index in [1.54, 1.807) is 0 Å². The van der Waals surface area contributed by atoms with E-state index in [0.717, 1.165) is 19.3 Å². The predicted molar refractivity (Wildman–Crippen MR) is 126 cm³/mol. The van der Waals surface area contributed by atoms with Gasteiger partial charge in [-0.1, -0.05) is 48.5 Å². The van der Waals surface area contributed by atoms with Crippen molar-refractivity contribution < 1.29 is 24.2 Å². The summed E-state index contributed by atoms with van der Waals surface area (Å²) in [5.74, 6) is -0.833. The zero-order valence-corrected chi connectivity index (χ0v) is 19.1. The third-order valence-electron chi connectivity index (χ3n) is 7.53. The van der Waals surface area contributed by atoms with Gasteiger partial charge in [0.05, 0.1) is 0 Å². The number of amides is 2. The van der Waals surface area contributed by atoms with Crippen molar-refractivity contribution in [3.05, 3.63) is 59.7 Å². The topological polar surface area (TPSA) is 95.9 Å². The maximum atomic E-state index is 12.6. The van der Waals surface area contributed by atoms with Gasteiger partial charge in [0.25, 0.3) is 0 Å². The maximum absolute atomic E-state index is 12.6. The molecular formula is C27H30N2O5. The highest BCUT2D eigenvalue weighted by molar-refractivity contribution is 5.84. The molecule has 178 valence electrons. The molecule has 1 heterocycles. The molecule has 0 radical (unpaired) electrons. The molecule has 3 aliphatic rings. The predicted octanol–water partition coefficient (Wildman–Crippen LogP) is 4.16. The third kappa shape index (κ3) is 4.39. The number of aliphatic carboxylic acids is 1. The Morgan fingerprint density at radius 2 is 1.65 bits per heavy atom. The summed E-state index contributed by atoms with van der Waals surface area (Å²) >= 11 is 0. The van der Waals surface area contributed by atoms with Crippen LogP contribution < -0.4 is 5.32 Å². The molecule has 0 aromatic heterocycles. The fourth-order valence-corrected chi connectivity index (χ4v) is 5.88. The second kappa shape index (κ2) is 9.49. The number of ether oxygens (including phenoxy) is 1. The average Bonchev–Trinajstić information content (AvgIpc) is 3.56. The Morgan fingerprint density at radius 3 is 2.32 bits per heavy atom. The van der Waals surface area contributed by atoms with Crippen molar-refractivity contribution >= 4 is 18.0 Å². The van der Waals surface area contributed by atoms with Gasteiger partial charge in [-0.3, -0.25) is 4.79 Å². The Kier molecular flexibility index (Phi) is 6.26. The number of nitrogens with one attached hydrogen (secondary N) is 1. The highest BCUT2D eigenvalue weighted by atomic mass is 16.5. The molecule has 2 aliphatic carbocycles. The van der Waals surface area contributed by atoms with Gasteiger partial charge in [-0.05, 0) is 60.3 Å². The Balaban J connectivity index is 1.12. The number of carbonyl (C=O) groups excluding carboxylic acids is 2. The fraction of sp³-hybridized carbons (Fsp3) is 0.444. The van der Waals surface area contributed by atoms with E-state index < -0.39 is 18.1 Å². The van der Waals surface area contributed by atoms with Crippen molar-refractivity contribution in [3.8, 4) is 11.1 Å². The first-order valence-corrected chi connectivity index (χ1v) is 12.1. The largest absolute Gasteiger partial charge is 0.480 e. The van der Waals surface area contributed by atoms with Gasteiger partial charge in [-0.15, -0.1) is 0 Å². The lowest BCUT2D eigenvalue weighted by molar-refractivity contribution is -0.148. The average molecular weight is 463 g/mol. The molecule has 7 heteroatoms. The molecule has 1 saturated carbocycles. The van der Waals surface area contributed by atoms with Crippen LogP contribution in [0.1, 0.15) is 55.6 Å². The Labute approximate surface area is 199 Å². The second-order valence-electron chi connectivity index (χ2n) is 9.63. The Morgan fingerprint density at radius 1 is 0.971 bits per heavy atom. The zero-order chi connectivity index (χ0) is 23.7. The van der Waals surface area contributed by atoms with E-state index in [1.165, 1.54) is 27.2 Å². The summed E-state index contributed by atoms with van der Waals surface area (Å²) in [5, 5.41) is 12.3. The van der Waals surface area contributed by atoms with Crippen LogP contribution >= 0.6 is 0 Å². The molecule has 0 spiro atoms. The second-order valence-corrected chi connectivity index (χ2v) is 9.63. The maximum Gasteiger partial charge on any atom is 0.407 e. The van der Waals surface area contributed by atoms with Gasteiger partial charge in [-0.25, -0.2) is 9.59 Å². The number of benzene rings is 2. The molecule has 1 aliphatic heterocycles. The van der Waals surface area contributed by atoms with Crippen molar-refractivity contribution in [3.63, 3.8) is 0 Å². The first-order valence-electron chi connectivity index (χ1n) is 12.1. The number of fused-ring (bicyclic) bond motifs is 3. The van der Waals surface area contributed by atoms with E-state index in [-0.39, 0.29) is 30.4 Å². The molecule has 0 bridgehead atoms. The van der Waals surface area contributed by atoms with Gasteiger partial charge in [0.2, 0.25) is 5.91 Å². The smallest absolute Gasteiger partial charge is 0.407 e. The monoisotopic (exact) mass is 462 g/mol. The number of carbonyl (C=O) groups is 3. The lowest BCUT2D eigenvalue weighted by Crippen LogP contribution is -2.41. The van der Waals surface area contributed by atoms with Crippen molar-refractivity contribution in [2.75, 3.05) is 13.2 Å². The Bertz CT molecular complexity index is 1050. The van der Waals surface area contributed by atoms with Crippen molar-refractivity contribution in [1.29, 1.82) is 0 Å². The minimum Gasteiger partial charge on any atom is -0.480 e. The zero-order valence-electron chi connectivity index (χ0n) is 19.1. The molecule has 2 aromatic rings. The number of alkyl carbamates (subject to hydrolysis) is 1. The quantitative estimate of drug-likeness (QED) is 0.672. The lowest BCUT2D eigenvalue weighted by Gasteiger charge is -2.23. The van der Waals surface area contributed by atoms with Gasteiger partial charge in [0.1, 0.15) is 12.6 Å². The molecule has 2 amide bonds. The van der Waals surface area contributed by atoms with Crippen LogP contribution in [0.25, 0.3) is 11.1 Å². The molecule has 7 nitrogen and oxygen atoms in total. The van der Waals surface area contributed by atoms with Crippen LogP contribution in [0.3, 0.4) is 0 Å². The molecule has 0 unspecified atom stereocenters. The van der Waals surface area contributed by atoms with Crippen molar-refractivity contribution in [1.82, 2.24) is 10.2 Å². The summed E-state index contributed by atoms with van der Waals surface area (Å²) < 4.78 is 5.65. The van der Waals surface area contributed by atoms with E-state index in [0.29, 0.717) is 25.8 Å². The van der Waals surface area contributed by atoms with Gasteiger partial charge < -0.3 is 20.1 Å². The molecule has 2 fully saturated rings. The normalized spacial score (nSPS) is 23.4. The molecule has 34 heavy (non-hydrogen) atoms. The van der Waals surface area contributed by atoms with Gasteiger partial charge in [0.15, 0.2) is 0 Å². The van der Waals surface area contributed by atoms with Gasteiger partial charge in [0, 0.05) is 24.9 Å². The van der Waals surface area contributed by atoms with Crippen LogP contribution in [0.5, 0.6) is 0 Å².